The number of aromatic nitrogens is 7. The van der Waals surface area contributed by atoms with Gasteiger partial charge in [-0.2, -0.15) is 5.10 Å². The molecular formula is C27H26FN9O. The highest BCUT2D eigenvalue weighted by Gasteiger charge is 2.25. The lowest BCUT2D eigenvalue weighted by molar-refractivity contribution is -0.116. The van der Waals surface area contributed by atoms with E-state index in [0.29, 0.717) is 40.1 Å². The van der Waals surface area contributed by atoms with Gasteiger partial charge < -0.3 is 20.2 Å². The molecule has 0 aliphatic carbocycles. The fourth-order valence-corrected chi connectivity index (χ4v) is 4.64. The van der Waals surface area contributed by atoms with E-state index in [1.807, 2.05) is 49.9 Å². The highest BCUT2D eigenvalue weighted by atomic mass is 19.1. The lowest BCUT2D eigenvalue weighted by atomic mass is 10.0. The van der Waals surface area contributed by atoms with Crippen LogP contribution in [0.5, 0.6) is 0 Å². The number of hydrogen-bond donors (Lipinski definition) is 4. The first-order chi connectivity index (χ1) is 18.4. The first-order valence-corrected chi connectivity index (χ1v) is 12.3. The van der Waals surface area contributed by atoms with Gasteiger partial charge in [0.2, 0.25) is 5.91 Å². The summed E-state index contributed by atoms with van der Waals surface area (Å²) in [5.74, 6) is 0.211. The van der Waals surface area contributed by atoms with Gasteiger partial charge in [0.15, 0.2) is 11.6 Å². The van der Waals surface area contributed by atoms with Gasteiger partial charge in [-0.05, 0) is 42.7 Å². The van der Waals surface area contributed by atoms with E-state index in [1.54, 1.807) is 24.8 Å². The van der Waals surface area contributed by atoms with Crippen LogP contribution in [0.2, 0.25) is 0 Å². The van der Waals surface area contributed by atoms with Crippen LogP contribution in [-0.2, 0) is 4.79 Å². The van der Waals surface area contributed by atoms with E-state index < -0.39 is 5.82 Å². The van der Waals surface area contributed by atoms with Crippen LogP contribution in [0.1, 0.15) is 43.5 Å². The molecule has 1 atom stereocenters. The zero-order valence-corrected chi connectivity index (χ0v) is 21.1. The molecule has 0 spiro atoms. The average Bonchev–Trinajstić information content (AvgIpc) is 3.61. The minimum absolute atomic E-state index is 0.0906. The van der Waals surface area contributed by atoms with Crippen molar-refractivity contribution in [1.29, 1.82) is 0 Å². The van der Waals surface area contributed by atoms with Crippen molar-refractivity contribution in [2.75, 3.05) is 5.32 Å². The van der Waals surface area contributed by atoms with Gasteiger partial charge in [-0.1, -0.05) is 13.8 Å². The highest BCUT2D eigenvalue weighted by molar-refractivity contribution is 5.95. The lowest BCUT2D eigenvalue weighted by Crippen LogP contribution is -2.25. The van der Waals surface area contributed by atoms with Crippen LogP contribution in [0.15, 0.2) is 49.3 Å². The number of nitrogens with zero attached hydrogens (tertiary/aromatic N) is 5. The monoisotopic (exact) mass is 511 g/mol. The number of rotatable bonds is 6. The SMILES string of the molecule is Cc1cn(C2NC=Cc3nc(-c4[nH]nc5c(F)cc(-c6cncc(NC(=O)CC(C)C)c6)cc45)[nH]c32)cn1. The molecule has 1 aliphatic heterocycles. The third-order valence-electron chi connectivity index (χ3n) is 6.36. The van der Waals surface area contributed by atoms with Gasteiger partial charge >= 0.3 is 0 Å². The van der Waals surface area contributed by atoms with Crippen LogP contribution in [-0.4, -0.2) is 40.6 Å². The van der Waals surface area contributed by atoms with Crippen LogP contribution >= 0.6 is 0 Å². The zero-order valence-electron chi connectivity index (χ0n) is 21.1. The van der Waals surface area contributed by atoms with E-state index in [0.717, 1.165) is 17.1 Å². The summed E-state index contributed by atoms with van der Waals surface area (Å²) < 4.78 is 17.2. The van der Waals surface area contributed by atoms with Gasteiger partial charge in [-0.3, -0.25) is 14.9 Å². The van der Waals surface area contributed by atoms with Crippen molar-refractivity contribution < 1.29 is 9.18 Å². The minimum atomic E-state index is -0.473. The Morgan fingerprint density at radius 1 is 1.21 bits per heavy atom. The van der Waals surface area contributed by atoms with Crippen molar-refractivity contribution in [3.8, 4) is 22.6 Å². The third-order valence-corrected chi connectivity index (χ3v) is 6.36. The number of halogens is 1. The number of carbonyl (C=O) groups is 1. The fourth-order valence-electron chi connectivity index (χ4n) is 4.64. The molecule has 5 heterocycles. The molecule has 5 aromatic rings. The van der Waals surface area contributed by atoms with Crippen molar-refractivity contribution in [3.05, 3.63) is 72.2 Å². The fraction of sp³-hybridized carbons (Fsp3) is 0.222. The molecule has 6 rings (SSSR count). The maximum absolute atomic E-state index is 15.2. The number of hydrogen-bond acceptors (Lipinski definition) is 6. The van der Waals surface area contributed by atoms with Gasteiger partial charge in [0.1, 0.15) is 17.4 Å². The lowest BCUT2D eigenvalue weighted by Gasteiger charge is -2.21. The van der Waals surface area contributed by atoms with Crippen LogP contribution in [0, 0.1) is 18.7 Å². The van der Waals surface area contributed by atoms with Crippen molar-refractivity contribution in [2.24, 2.45) is 5.92 Å². The number of H-pyrrole nitrogens is 2. The molecule has 11 heteroatoms. The summed E-state index contributed by atoms with van der Waals surface area (Å²) in [6.07, 6.45) is 10.8. The van der Waals surface area contributed by atoms with Crippen molar-refractivity contribution >= 4 is 28.6 Å². The van der Waals surface area contributed by atoms with Crippen LogP contribution in [0.4, 0.5) is 10.1 Å². The number of anilines is 1. The third kappa shape index (κ3) is 4.32. The standard InChI is InChI=1S/C27H26FN9O/c1-14(2)6-22(38)32-18-7-17(10-29-11-18)16-8-19-23(20(28)9-16)35-36-24(19)26-33-21-4-5-30-27(25(21)34-26)37-12-15(3)31-13-37/h4-5,7-14,27,30H,6H2,1-3H3,(H,32,38)(H,33,34)(H,35,36). The number of fused-ring (bicyclic) bond motifs is 2. The number of nitrogens with one attached hydrogen (secondary N) is 4. The summed E-state index contributed by atoms with van der Waals surface area (Å²) >= 11 is 0. The van der Waals surface area contributed by atoms with Crippen molar-refractivity contribution in [2.45, 2.75) is 33.4 Å². The number of benzene rings is 1. The smallest absolute Gasteiger partial charge is 0.224 e. The summed E-state index contributed by atoms with van der Waals surface area (Å²) in [6.45, 7) is 5.90. The van der Waals surface area contributed by atoms with E-state index in [4.69, 9.17) is 4.98 Å². The molecule has 1 unspecified atom stereocenters. The largest absolute Gasteiger partial charge is 0.366 e. The van der Waals surface area contributed by atoms with Gasteiger partial charge in [-0.25, -0.2) is 14.4 Å². The van der Waals surface area contributed by atoms with Gasteiger partial charge in [0.25, 0.3) is 0 Å². The first-order valence-electron chi connectivity index (χ1n) is 12.3. The molecule has 10 nitrogen and oxygen atoms in total. The van der Waals surface area contributed by atoms with Crippen LogP contribution in [0.3, 0.4) is 0 Å². The average molecular weight is 512 g/mol. The second-order valence-corrected chi connectivity index (χ2v) is 9.81. The Labute approximate surface area is 217 Å². The topological polar surface area (TPSA) is 129 Å². The number of pyridine rings is 1. The molecule has 1 aliphatic rings. The number of aromatic amines is 2. The van der Waals surface area contributed by atoms with E-state index >= 15 is 4.39 Å². The van der Waals surface area contributed by atoms with Crippen molar-refractivity contribution in [3.63, 3.8) is 0 Å². The Kier molecular flexibility index (Phi) is 5.74. The van der Waals surface area contributed by atoms with Gasteiger partial charge in [0.05, 0.1) is 35.3 Å². The molecule has 0 bridgehead atoms. The molecule has 1 aromatic carbocycles. The molecule has 4 aromatic heterocycles. The number of aryl methyl sites for hydroxylation is 1. The Hall–Kier alpha value is -4.80. The Bertz CT molecular complexity index is 1690. The van der Waals surface area contributed by atoms with E-state index in [9.17, 15) is 4.79 Å². The Balaban J connectivity index is 1.37. The normalized spacial score (nSPS) is 14.6. The number of carbonyl (C=O) groups excluding carboxylic acids is 1. The maximum atomic E-state index is 15.2. The summed E-state index contributed by atoms with van der Waals surface area (Å²) in [5, 5.41) is 13.9. The molecule has 1 amide bonds. The minimum Gasteiger partial charge on any atom is -0.366 e. The van der Waals surface area contributed by atoms with Crippen LogP contribution in [0.25, 0.3) is 39.6 Å². The number of amides is 1. The van der Waals surface area contributed by atoms with Crippen LogP contribution < -0.4 is 10.6 Å². The molecule has 4 N–H and O–H groups in total. The van der Waals surface area contributed by atoms with Crippen molar-refractivity contribution in [1.82, 2.24) is 40.0 Å². The predicted molar refractivity (Wildman–Crippen MR) is 142 cm³/mol. The molecule has 0 radical (unpaired) electrons. The molecule has 38 heavy (non-hydrogen) atoms. The zero-order chi connectivity index (χ0) is 26.4. The summed E-state index contributed by atoms with van der Waals surface area (Å²) in [7, 11) is 0. The Morgan fingerprint density at radius 2 is 2.08 bits per heavy atom. The number of imidazole rings is 2. The van der Waals surface area contributed by atoms with E-state index in [-0.39, 0.29) is 23.5 Å². The van der Waals surface area contributed by atoms with Gasteiger partial charge in [0, 0.05) is 36.0 Å². The maximum Gasteiger partial charge on any atom is 0.224 e. The summed E-state index contributed by atoms with van der Waals surface area (Å²) in [6, 6.07) is 5.05. The molecule has 0 saturated heterocycles. The van der Waals surface area contributed by atoms with Gasteiger partial charge in [-0.15, -0.1) is 0 Å². The molecule has 0 saturated carbocycles. The second kappa shape index (κ2) is 9.25. The van der Waals surface area contributed by atoms with E-state index in [1.165, 1.54) is 6.07 Å². The van der Waals surface area contributed by atoms with E-state index in [2.05, 4.69) is 35.8 Å². The molecule has 192 valence electrons. The first kappa shape index (κ1) is 23.6. The molecular weight excluding hydrogens is 485 g/mol. The predicted octanol–water partition coefficient (Wildman–Crippen LogP) is 4.76. The second-order valence-electron chi connectivity index (χ2n) is 9.81. The highest BCUT2D eigenvalue weighted by Crippen LogP contribution is 2.34. The summed E-state index contributed by atoms with van der Waals surface area (Å²) in [5.41, 5.74) is 5.14. The Morgan fingerprint density at radius 3 is 2.87 bits per heavy atom. The summed E-state index contributed by atoms with van der Waals surface area (Å²) in [4.78, 5) is 28.9. The molecule has 0 fully saturated rings. The quantitative estimate of drug-likeness (QED) is 0.260.